The Morgan fingerprint density at radius 2 is 1.86 bits per heavy atom. The van der Waals surface area contributed by atoms with E-state index in [4.69, 9.17) is 4.74 Å². The number of aromatic nitrogens is 4. The monoisotopic (exact) mass is 503 g/mol. The average Bonchev–Trinajstić information content (AvgIpc) is 3.54. The van der Waals surface area contributed by atoms with Gasteiger partial charge >= 0.3 is 5.69 Å². The molecule has 0 spiro atoms. The first-order valence-electron chi connectivity index (χ1n) is 12.6. The number of carbonyl (C=O) groups is 2. The van der Waals surface area contributed by atoms with Gasteiger partial charge in [-0.1, -0.05) is 31.9 Å². The molecule has 192 valence electrons. The van der Waals surface area contributed by atoms with E-state index >= 15 is 0 Å². The number of fused-ring (bicyclic) bond motifs is 3. The third-order valence-corrected chi connectivity index (χ3v) is 6.86. The maximum absolute atomic E-state index is 13.5. The highest BCUT2D eigenvalue weighted by atomic mass is 16.5. The molecule has 0 atom stereocenters. The summed E-state index contributed by atoms with van der Waals surface area (Å²) in [6.45, 7) is 1.96. The fourth-order valence-corrected chi connectivity index (χ4v) is 4.95. The summed E-state index contributed by atoms with van der Waals surface area (Å²) in [5, 5.41) is 7.73. The minimum Gasteiger partial charge on any atom is -0.497 e. The molecule has 2 aromatic heterocycles. The van der Waals surface area contributed by atoms with Crippen molar-refractivity contribution in [1.82, 2.24) is 24.1 Å². The zero-order chi connectivity index (χ0) is 26.1. The van der Waals surface area contributed by atoms with Crippen molar-refractivity contribution in [2.75, 3.05) is 7.11 Å². The van der Waals surface area contributed by atoms with Crippen LogP contribution in [-0.4, -0.2) is 43.6 Å². The van der Waals surface area contributed by atoms with Crippen LogP contribution in [-0.2, 0) is 13.1 Å². The SMILES string of the molecule is CCCn1c(=O)c2ccc(C(=O)NC3CCCC3)cc2n2c(=O)n(CC(=O)c3cccc(OC)c3)nc12. The molecule has 1 saturated carbocycles. The van der Waals surface area contributed by atoms with Crippen LogP contribution >= 0.6 is 0 Å². The summed E-state index contributed by atoms with van der Waals surface area (Å²) in [5.41, 5.74) is 0.166. The maximum atomic E-state index is 13.5. The van der Waals surface area contributed by atoms with Crippen LogP contribution in [0.1, 0.15) is 59.7 Å². The maximum Gasteiger partial charge on any atom is 0.352 e. The molecule has 1 aliphatic carbocycles. The third kappa shape index (κ3) is 4.54. The Morgan fingerprint density at radius 1 is 1.08 bits per heavy atom. The largest absolute Gasteiger partial charge is 0.497 e. The summed E-state index contributed by atoms with van der Waals surface area (Å²) in [5.74, 6) is 0.0959. The summed E-state index contributed by atoms with van der Waals surface area (Å²) >= 11 is 0. The van der Waals surface area contributed by atoms with Gasteiger partial charge in [-0.25, -0.2) is 13.9 Å². The smallest absolute Gasteiger partial charge is 0.352 e. The number of amides is 1. The minimum absolute atomic E-state index is 0.133. The van der Waals surface area contributed by atoms with Crippen molar-refractivity contribution in [1.29, 1.82) is 0 Å². The molecule has 1 aliphatic rings. The Kier molecular flexibility index (Phi) is 6.64. The van der Waals surface area contributed by atoms with Gasteiger partial charge in [-0.2, -0.15) is 0 Å². The molecular formula is C27H29N5O5. The Hall–Kier alpha value is -4.21. The number of benzene rings is 2. The highest BCUT2D eigenvalue weighted by Gasteiger charge is 2.22. The van der Waals surface area contributed by atoms with E-state index in [1.54, 1.807) is 42.5 Å². The third-order valence-electron chi connectivity index (χ3n) is 6.86. The van der Waals surface area contributed by atoms with Crippen molar-refractivity contribution in [2.45, 2.75) is 58.2 Å². The van der Waals surface area contributed by atoms with Crippen molar-refractivity contribution >= 4 is 28.4 Å². The van der Waals surface area contributed by atoms with Gasteiger partial charge in [-0.15, -0.1) is 5.10 Å². The Balaban J connectivity index is 1.61. The number of nitrogens with one attached hydrogen (secondary N) is 1. The molecule has 4 aromatic rings. The molecule has 1 N–H and O–H groups in total. The second-order valence-corrected chi connectivity index (χ2v) is 9.37. The summed E-state index contributed by atoms with van der Waals surface area (Å²) in [4.78, 5) is 52.8. The molecular weight excluding hydrogens is 474 g/mol. The molecule has 10 nitrogen and oxygen atoms in total. The lowest BCUT2D eigenvalue weighted by molar-refractivity contribution is 0.0936. The van der Waals surface area contributed by atoms with Crippen LogP contribution < -0.4 is 21.3 Å². The number of ketones is 1. The van der Waals surface area contributed by atoms with Crippen molar-refractivity contribution in [3.05, 3.63) is 74.4 Å². The van der Waals surface area contributed by atoms with E-state index in [1.807, 2.05) is 6.92 Å². The number of ether oxygens (including phenoxy) is 1. The second-order valence-electron chi connectivity index (χ2n) is 9.37. The first kappa shape index (κ1) is 24.5. The molecule has 37 heavy (non-hydrogen) atoms. The topological polar surface area (TPSA) is 117 Å². The van der Waals surface area contributed by atoms with Gasteiger partial charge in [0.2, 0.25) is 5.78 Å². The van der Waals surface area contributed by atoms with E-state index in [0.717, 1.165) is 30.4 Å². The van der Waals surface area contributed by atoms with Crippen LogP contribution in [0.2, 0.25) is 0 Å². The number of Topliss-reactive ketones (excluding diaryl/α,β-unsaturated/α-hetero) is 1. The lowest BCUT2D eigenvalue weighted by Gasteiger charge is -2.13. The van der Waals surface area contributed by atoms with Crippen LogP contribution in [0.15, 0.2) is 52.1 Å². The zero-order valence-corrected chi connectivity index (χ0v) is 20.9. The minimum atomic E-state index is -0.561. The number of methoxy groups -OCH3 is 1. The highest BCUT2D eigenvalue weighted by Crippen LogP contribution is 2.20. The molecule has 0 saturated heterocycles. The second kappa shape index (κ2) is 10.0. The van der Waals surface area contributed by atoms with Gasteiger partial charge in [0.25, 0.3) is 11.5 Å². The van der Waals surface area contributed by atoms with E-state index in [-0.39, 0.29) is 41.1 Å². The van der Waals surface area contributed by atoms with E-state index in [2.05, 4.69) is 10.4 Å². The number of hydrogen-bond acceptors (Lipinski definition) is 6. The Morgan fingerprint density at radius 3 is 2.59 bits per heavy atom. The van der Waals surface area contributed by atoms with E-state index in [1.165, 1.54) is 16.1 Å². The molecule has 2 heterocycles. The summed E-state index contributed by atoms with van der Waals surface area (Å²) in [6, 6.07) is 11.5. The normalized spacial score (nSPS) is 13.9. The number of aryl methyl sites for hydroxylation is 1. The molecule has 0 aliphatic heterocycles. The Bertz CT molecular complexity index is 1620. The number of rotatable bonds is 8. The van der Waals surface area contributed by atoms with Crippen molar-refractivity contribution in [3.8, 4) is 5.75 Å². The van der Waals surface area contributed by atoms with Crippen LogP contribution in [0.3, 0.4) is 0 Å². The fraction of sp³-hybridized carbons (Fsp3) is 0.370. The number of nitrogens with zero attached hydrogens (tertiary/aromatic N) is 4. The molecule has 10 heteroatoms. The van der Waals surface area contributed by atoms with Gasteiger partial charge in [0, 0.05) is 23.7 Å². The molecule has 1 amide bonds. The lowest BCUT2D eigenvalue weighted by atomic mass is 10.1. The van der Waals surface area contributed by atoms with E-state index in [0.29, 0.717) is 35.2 Å². The molecule has 0 radical (unpaired) electrons. The van der Waals surface area contributed by atoms with Gasteiger partial charge in [0.1, 0.15) is 12.3 Å². The summed E-state index contributed by atoms with van der Waals surface area (Å²) in [7, 11) is 1.51. The number of carbonyl (C=O) groups excluding carboxylic acids is 2. The fourth-order valence-electron chi connectivity index (χ4n) is 4.95. The first-order valence-corrected chi connectivity index (χ1v) is 12.6. The zero-order valence-electron chi connectivity index (χ0n) is 20.9. The molecule has 2 aromatic carbocycles. The predicted molar refractivity (Wildman–Crippen MR) is 139 cm³/mol. The van der Waals surface area contributed by atoms with Crippen LogP contribution in [0.5, 0.6) is 5.75 Å². The molecule has 0 bridgehead atoms. The highest BCUT2D eigenvalue weighted by molar-refractivity contribution is 5.98. The standard InChI is InChI=1S/C27H29N5O5/c1-3-13-30-25(35)21-12-11-18(24(34)28-19-8-4-5-9-19)15-22(21)32-26(30)29-31(27(32)36)16-23(33)17-7-6-10-20(14-17)37-2/h6-7,10-12,14-15,19H,3-5,8-9,13,16H2,1-2H3,(H,28,34). The predicted octanol–water partition coefficient (Wildman–Crippen LogP) is 2.78. The van der Waals surface area contributed by atoms with Crippen LogP contribution in [0, 0.1) is 0 Å². The molecule has 1 fully saturated rings. The Labute approximate surface area is 212 Å². The van der Waals surface area contributed by atoms with Gasteiger partial charge < -0.3 is 10.1 Å². The molecule has 5 rings (SSSR count). The van der Waals surface area contributed by atoms with Crippen LogP contribution in [0.25, 0.3) is 16.7 Å². The van der Waals surface area contributed by atoms with Crippen LogP contribution in [0.4, 0.5) is 0 Å². The average molecular weight is 504 g/mol. The van der Waals surface area contributed by atoms with Crippen molar-refractivity contribution < 1.29 is 14.3 Å². The van der Waals surface area contributed by atoms with Gasteiger partial charge in [-0.3, -0.25) is 19.0 Å². The summed E-state index contributed by atoms with van der Waals surface area (Å²) < 4.78 is 9.01. The van der Waals surface area contributed by atoms with Crippen molar-refractivity contribution in [3.63, 3.8) is 0 Å². The van der Waals surface area contributed by atoms with Gasteiger partial charge in [0.05, 0.1) is 18.0 Å². The van der Waals surface area contributed by atoms with E-state index in [9.17, 15) is 19.2 Å². The van der Waals surface area contributed by atoms with Gasteiger partial charge in [-0.05, 0) is 49.6 Å². The van der Waals surface area contributed by atoms with Gasteiger partial charge in [0.15, 0.2) is 5.78 Å². The van der Waals surface area contributed by atoms with E-state index < -0.39 is 5.69 Å². The van der Waals surface area contributed by atoms with Crippen molar-refractivity contribution in [2.24, 2.45) is 0 Å². The quantitative estimate of drug-likeness (QED) is 0.370. The summed E-state index contributed by atoms with van der Waals surface area (Å²) in [6.07, 6.45) is 4.71. The number of hydrogen-bond donors (Lipinski definition) is 1. The lowest BCUT2D eigenvalue weighted by Crippen LogP contribution is -2.33. The first-order chi connectivity index (χ1) is 17.9. The molecule has 0 unspecified atom stereocenters.